The Balaban J connectivity index is 0.946. The monoisotopic (exact) mass is 1630 g/mol. The van der Waals surface area contributed by atoms with Crippen LogP contribution in [-0.4, -0.2) is 30.6 Å². The minimum Gasteiger partial charge on any atom is -0.508 e. The third-order valence-corrected chi connectivity index (χ3v) is 26.4. The first-order valence-corrected chi connectivity index (χ1v) is 43.7. The zero-order valence-electron chi connectivity index (χ0n) is 71.4. The fourth-order valence-electron chi connectivity index (χ4n) is 19.2. The maximum atomic E-state index is 14.9. The van der Waals surface area contributed by atoms with Gasteiger partial charge in [0.1, 0.15) is 34.5 Å². The van der Waals surface area contributed by atoms with Crippen LogP contribution in [0, 0.1) is 0 Å². The number of hydrogen-bond donors (Lipinski definition) is 6. The molecule has 10 atom stereocenters. The number of hydrogen-bond acceptors (Lipinski definition) is 6. The Kier molecular flexibility index (Phi) is 24.6. The Morgan fingerprint density at radius 3 is 0.416 bits per heavy atom. The quantitative estimate of drug-likeness (QED) is 0.0285. The number of rotatable bonds is 27. The molecule has 10 unspecified atom stereocenters. The van der Waals surface area contributed by atoms with E-state index in [1.165, 1.54) is 0 Å². The number of phenolic OH excluding ortho intramolecular Hbond substituents is 6. The summed E-state index contributed by atoms with van der Waals surface area (Å²) in [7, 11) is 0. The van der Waals surface area contributed by atoms with Crippen molar-refractivity contribution in [3.8, 4) is 34.5 Å². The third-order valence-electron chi connectivity index (χ3n) is 26.4. The zero-order chi connectivity index (χ0) is 86.2. The normalized spacial score (nSPS) is 14.2. The van der Waals surface area contributed by atoms with Gasteiger partial charge in [-0.2, -0.15) is 0 Å². The average molecular weight is 1630 g/mol. The van der Waals surface area contributed by atoms with Gasteiger partial charge < -0.3 is 30.6 Å². The Morgan fingerprint density at radius 2 is 0.256 bits per heavy atom. The molecule has 6 nitrogen and oxygen atoms in total. The molecule has 6 heteroatoms. The Morgan fingerprint density at radius 1 is 0.128 bits per heavy atom. The van der Waals surface area contributed by atoms with Crippen molar-refractivity contribution in [3.63, 3.8) is 0 Å². The van der Waals surface area contributed by atoms with Crippen LogP contribution in [0.25, 0.3) is 0 Å². The van der Waals surface area contributed by atoms with Crippen molar-refractivity contribution in [2.45, 2.75) is 107 Å². The second kappa shape index (κ2) is 37.1. The molecule has 0 heterocycles. The maximum absolute atomic E-state index is 14.9. The lowest BCUT2D eigenvalue weighted by Crippen LogP contribution is -2.15. The minimum atomic E-state index is -0.929. The molecule has 125 heavy (non-hydrogen) atoms. The smallest absolute Gasteiger partial charge is 0.123 e. The molecule has 0 amide bonds. The van der Waals surface area contributed by atoms with Crippen molar-refractivity contribution in [1.29, 1.82) is 0 Å². The molecule has 0 bridgehead atoms. The molecular formula is C119H104O6. The lowest BCUT2D eigenvalue weighted by atomic mass is 9.73. The van der Waals surface area contributed by atoms with Crippen LogP contribution in [-0.2, 0) is 0 Å². The van der Waals surface area contributed by atoms with E-state index in [2.05, 4.69) is 308 Å². The molecule has 6 N–H and O–H groups in total. The van der Waals surface area contributed by atoms with Crippen LogP contribution in [0.2, 0.25) is 0 Å². The highest BCUT2D eigenvalue weighted by atomic mass is 16.3. The van der Waals surface area contributed by atoms with Gasteiger partial charge in [-0.1, -0.05) is 448 Å². The average Bonchev–Trinajstić information content (AvgIpc) is 0.736. The summed E-state index contributed by atoms with van der Waals surface area (Å²) in [5.41, 5.74) is 21.7. The van der Waals surface area contributed by atoms with Crippen molar-refractivity contribution in [3.05, 3.63) is 569 Å². The van der Waals surface area contributed by atoms with Crippen LogP contribution in [0.1, 0.15) is 257 Å². The molecule has 0 radical (unpaired) electrons. The van der Waals surface area contributed by atoms with Crippen molar-refractivity contribution in [2.24, 2.45) is 0 Å². The Hall–Kier alpha value is -14.5. The van der Waals surface area contributed by atoms with Gasteiger partial charge in [0.2, 0.25) is 0 Å². The summed E-state index contributed by atoms with van der Waals surface area (Å²) in [6, 6.07) is 142. The molecule has 0 aliphatic carbocycles. The van der Waals surface area contributed by atoms with E-state index in [9.17, 15) is 30.6 Å². The van der Waals surface area contributed by atoms with Crippen LogP contribution < -0.4 is 0 Å². The van der Waals surface area contributed by atoms with E-state index in [1.807, 2.05) is 140 Å². The van der Waals surface area contributed by atoms with Gasteiger partial charge in [0, 0.05) is 121 Å². The van der Waals surface area contributed by atoms with Gasteiger partial charge >= 0.3 is 0 Å². The highest BCUT2D eigenvalue weighted by Crippen LogP contribution is 2.56. The lowest BCUT2D eigenvalue weighted by molar-refractivity contribution is 0.444. The predicted octanol–water partition coefficient (Wildman–Crippen LogP) is 28.7. The van der Waals surface area contributed by atoms with Crippen molar-refractivity contribution >= 4 is 0 Å². The van der Waals surface area contributed by atoms with Gasteiger partial charge in [-0.15, -0.1) is 0 Å². The first kappa shape index (κ1) is 82.8. The topological polar surface area (TPSA) is 121 Å². The molecule has 17 rings (SSSR count). The second-order valence-corrected chi connectivity index (χ2v) is 33.8. The Labute approximate surface area is 735 Å². The molecule has 0 aliphatic heterocycles. The second-order valence-electron chi connectivity index (χ2n) is 33.8. The van der Waals surface area contributed by atoms with E-state index in [1.54, 1.807) is 12.1 Å². The first-order chi connectivity index (χ1) is 61.0. The van der Waals surface area contributed by atoms with Crippen molar-refractivity contribution in [1.82, 2.24) is 0 Å². The molecule has 616 valence electrons. The van der Waals surface area contributed by atoms with E-state index in [0.29, 0.717) is 55.6 Å². The molecule has 17 aromatic carbocycles. The summed E-state index contributed by atoms with van der Waals surface area (Å²) in [6.45, 7) is 13.2. The fraction of sp³-hybridized carbons (Fsp3) is 0.143. The number of benzene rings is 17. The Bertz CT molecular complexity index is 6140. The summed E-state index contributed by atoms with van der Waals surface area (Å²) in [6.07, 6.45) is 0. The number of aromatic hydroxyl groups is 6. The van der Waals surface area contributed by atoms with E-state index in [-0.39, 0.29) is 70.0 Å². The van der Waals surface area contributed by atoms with Gasteiger partial charge in [0.05, 0.1) is 0 Å². The lowest BCUT2D eigenvalue weighted by Gasteiger charge is -2.32. The molecule has 0 spiro atoms. The summed E-state index contributed by atoms with van der Waals surface area (Å²) in [5, 5.41) is 83.9. The van der Waals surface area contributed by atoms with Crippen LogP contribution in [0.15, 0.2) is 419 Å². The van der Waals surface area contributed by atoms with Crippen LogP contribution >= 0.6 is 0 Å². The van der Waals surface area contributed by atoms with Gasteiger partial charge in [0.25, 0.3) is 0 Å². The molecule has 0 fully saturated rings. The first-order valence-electron chi connectivity index (χ1n) is 43.7. The SMILES string of the molecule is CC(c1ccccc1)c1ccc(O)c(C(c2ccccc2)c2cc(C(C)c3ccccc3)cc(C(c3ccccc3)c3cc(C(C)c4ccccc4)cc(C(c4ccccc4)c4cc(C(C)c5ccccc5)cc(C(c5ccccc5)c5cc(C(C)c6ccccc6)cc(C(c6ccccc6)c6cc(C(C)c7ccccc7)ccc6O)c5O)c4O)c3O)c2O)c1. The molecule has 0 aliphatic rings. The molecule has 0 saturated carbocycles. The van der Waals surface area contributed by atoms with Crippen molar-refractivity contribution < 1.29 is 30.6 Å². The van der Waals surface area contributed by atoms with E-state index in [0.717, 1.165) is 94.6 Å². The molecule has 0 aromatic heterocycles. The van der Waals surface area contributed by atoms with E-state index < -0.39 is 29.6 Å². The van der Waals surface area contributed by atoms with Crippen LogP contribution in [0.3, 0.4) is 0 Å². The summed E-state index contributed by atoms with van der Waals surface area (Å²) in [5.74, 6) is -5.18. The largest absolute Gasteiger partial charge is 0.508 e. The van der Waals surface area contributed by atoms with Gasteiger partial charge in [-0.25, -0.2) is 0 Å². The predicted molar refractivity (Wildman–Crippen MR) is 509 cm³/mol. The van der Waals surface area contributed by atoms with E-state index in [4.69, 9.17) is 0 Å². The third kappa shape index (κ3) is 17.2. The van der Waals surface area contributed by atoms with E-state index >= 15 is 0 Å². The van der Waals surface area contributed by atoms with Gasteiger partial charge in [-0.05, 0) is 107 Å². The standard InChI is InChI=1S/C119H104O6/c1-76(82-40-18-7-19-41-82)93-62-64-109(120)99(66-93)111(88-52-30-13-31-53-88)101-68-95(78(3)84-44-22-9-23-45-84)70-103(116(101)122)113(90-56-34-15-35-57-90)105-72-97(80(5)86-48-26-11-27-49-86)74-107(118(105)124)115(92-60-38-17-39-61-92)108-75-98(81(6)87-50-28-12-29-51-87)73-106(119(108)125)114(91-58-36-16-37-59-91)104-71-96(79(4)85-46-24-10-25-47-85)69-102(117(104)123)112(89-54-32-14-33-55-89)100-67-94(63-65-110(100)121)77(2)83-42-20-8-21-43-83/h7-81,111-115,120-125H,1-6H3. The molecular weight excluding hydrogens is 1530 g/mol. The summed E-state index contributed by atoms with van der Waals surface area (Å²) in [4.78, 5) is 0. The zero-order valence-corrected chi connectivity index (χ0v) is 71.4. The molecule has 17 aromatic rings. The number of phenols is 6. The highest BCUT2D eigenvalue weighted by molar-refractivity contribution is 5.70. The van der Waals surface area contributed by atoms with Gasteiger partial charge in [0.15, 0.2) is 0 Å². The van der Waals surface area contributed by atoms with Crippen LogP contribution in [0.5, 0.6) is 34.5 Å². The van der Waals surface area contributed by atoms with Crippen LogP contribution in [0.4, 0.5) is 0 Å². The highest BCUT2D eigenvalue weighted by Gasteiger charge is 2.38. The summed E-state index contributed by atoms with van der Waals surface area (Å²) >= 11 is 0. The fourth-order valence-corrected chi connectivity index (χ4v) is 19.2. The maximum Gasteiger partial charge on any atom is 0.123 e. The minimum absolute atomic E-state index is 0.00301. The van der Waals surface area contributed by atoms with Gasteiger partial charge in [-0.3, -0.25) is 0 Å². The van der Waals surface area contributed by atoms with Crippen molar-refractivity contribution in [2.75, 3.05) is 0 Å². The molecule has 0 saturated heterocycles. The summed E-state index contributed by atoms with van der Waals surface area (Å²) < 4.78 is 0.